The number of nitrogens with one attached hydrogen (secondary N) is 2. The molecule has 1 aromatic carbocycles. The van der Waals surface area contributed by atoms with E-state index < -0.39 is 36.8 Å². The lowest BCUT2D eigenvalue weighted by Crippen LogP contribution is -2.40. The van der Waals surface area contributed by atoms with E-state index in [9.17, 15) is 30.7 Å². The van der Waals surface area contributed by atoms with Crippen molar-refractivity contribution < 1.29 is 45.4 Å². The van der Waals surface area contributed by atoms with Crippen LogP contribution in [0.2, 0.25) is 0 Å². The molecule has 0 bridgehead atoms. The normalized spacial score (nSPS) is 16.1. The summed E-state index contributed by atoms with van der Waals surface area (Å²) in [5, 5.41) is 13.0. The zero-order chi connectivity index (χ0) is 27.2. The summed E-state index contributed by atoms with van der Waals surface area (Å²) in [5.41, 5.74) is 1.64. The molecule has 0 amide bonds. The second kappa shape index (κ2) is 12.3. The first-order valence-electron chi connectivity index (χ1n) is 11.2. The average molecular weight is 539 g/mol. The number of rotatable bonds is 6. The monoisotopic (exact) mass is 539 g/mol. The zero-order valence-corrected chi connectivity index (χ0v) is 19.3. The van der Waals surface area contributed by atoms with Gasteiger partial charge >= 0.3 is 12.1 Å². The van der Waals surface area contributed by atoms with Crippen molar-refractivity contribution in [1.82, 2.24) is 15.3 Å². The van der Waals surface area contributed by atoms with Crippen molar-refractivity contribution in [3.05, 3.63) is 41.2 Å². The number of nitrogens with zero attached hydrogens (tertiary/aromatic N) is 3. The Bertz CT molecular complexity index is 1080. The molecule has 204 valence electrons. The van der Waals surface area contributed by atoms with Gasteiger partial charge in [0.25, 0.3) is 6.43 Å². The molecule has 3 N–H and O–H groups in total. The first-order chi connectivity index (χ1) is 17.4. The number of anilines is 2. The Balaban J connectivity index is 0.000000479. The number of carboxylic acid groups (broad SMARTS) is 1. The molecule has 0 spiro atoms. The van der Waals surface area contributed by atoms with Gasteiger partial charge in [-0.15, -0.1) is 0 Å². The van der Waals surface area contributed by atoms with Crippen molar-refractivity contribution in [2.45, 2.75) is 44.5 Å². The molecule has 0 atom stereocenters. The van der Waals surface area contributed by atoms with E-state index in [4.69, 9.17) is 19.6 Å². The molecule has 0 saturated carbocycles. The van der Waals surface area contributed by atoms with Gasteiger partial charge in [-0.2, -0.15) is 13.2 Å². The molecular weight excluding hydrogens is 515 g/mol. The fraction of sp³-hybridized carbons (Fsp3) is 0.500. The summed E-state index contributed by atoms with van der Waals surface area (Å²) >= 11 is 0. The number of aliphatic carboxylic acids is 1. The highest BCUT2D eigenvalue weighted by Gasteiger charge is 2.38. The second-order valence-electron chi connectivity index (χ2n) is 8.17. The number of alkyl halides is 5. The Morgan fingerprint density at radius 2 is 1.86 bits per heavy atom. The van der Waals surface area contributed by atoms with Gasteiger partial charge in [-0.05, 0) is 12.1 Å². The van der Waals surface area contributed by atoms with E-state index in [-0.39, 0.29) is 11.9 Å². The molecule has 2 aromatic rings. The van der Waals surface area contributed by atoms with Gasteiger partial charge in [-0.3, -0.25) is 0 Å². The summed E-state index contributed by atoms with van der Waals surface area (Å²) in [6, 6.07) is 3.24. The number of hydrogen-bond acceptors (Lipinski definition) is 7. The van der Waals surface area contributed by atoms with E-state index in [2.05, 4.69) is 15.6 Å². The highest BCUT2D eigenvalue weighted by Crippen LogP contribution is 2.29. The second-order valence-corrected chi connectivity index (χ2v) is 8.17. The number of halogens is 7. The maximum Gasteiger partial charge on any atom is 0.490 e. The summed E-state index contributed by atoms with van der Waals surface area (Å²) in [5.74, 6) is -3.21. The summed E-state index contributed by atoms with van der Waals surface area (Å²) in [4.78, 5) is 20.1. The summed E-state index contributed by atoms with van der Waals surface area (Å²) in [6.07, 6.45) is -5.91. The topological polar surface area (TPSA) is 99.6 Å². The van der Waals surface area contributed by atoms with E-state index in [0.717, 1.165) is 36.5 Å². The number of carboxylic acids is 1. The molecule has 1 fully saturated rings. The van der Waals surface area contributed by atoms with Crippen LogP contribution in [0.3, 0.4) is 0 Å². The predicted octanol–water partition coefficient (Wildman–Crippen LogP) is 3.76. The number of fused-ring (bicyclic) bond motifs is 1. The number of hydrogen-bond donors (Lipinski definition) is 3. The molecule has 0 radical (unpaired) electrons. The molecule has 4 rings (SSSR count). The fourth-order valence-electron chi connectivity index (χ4n) is 3.70. The molecule has 15 heteroatoms. The fourth-order valence-corrected chi connectivity index (χ4v) is 3.70. The minimum atomic E-state index is -5.08. The molecule has 8 nitrogen and oxygen atoms in total. The summed E-state index contributed by atoms with van der Waals surface area (Å²) in [7, 11) is 0. The Labute approximate surface area is 206 Å². The van der Waals surface area contributed by atoms with Crippen molar-refractivity contribution in [2.24, 2.45) is 0 Å². The van der Waals surface area contributed by atoms with Gasteiger partial charge < -0.3 is 25.4 Å². The van der Waals surface area contributed by atoms with Crippen molar-refractivity contribution >= 4 is 17.6 Å². The smallest absolute Gasteiger partial charge is 0.487 e. The van der Waals surface area contributed by atoms with Crippen LogP contribution in [0, 0.1) is 11.6 Å². The highest BCUT2D eigenvalue weighted by molar-refractivity contribution is 5.73. The van der Waals surface area contributed by atoms with E-state index in [1.165, 1.54) is 6.07 Å². The van der Waals surface area contributed by atoms with Gasteiger partial charge in [0.1, 0.15) is 11.9 Å². The number of aromatic nitrogens is 2. The first-order valence-corrected chi connectivity index (χ1v) is 11.2. The minimum absolute atomic E-state index is 0.0233. The highest BCUT2D eigenvalue weighted by atomic mass is 19.4. The van der Waals surface area contributed by atoms with Gasteiger partial charge in [0, 0.05) is 51.5 Å². The third-order valence-corrected chi connectivity index (χ3v) is 5.46. The van der Waals surface area contributed by atoms with Crippen molar-refractivity contribution in [3.63, 3.8) is 0 Å². The van der Waals surface area contributed by atoms with Gasteiger partial charge in [0.2, 0.25) is 0 Å². The third kappa shape index (κ3) is 8.06. The quantitative estimate of drug-likeness (QED) is 0.478. The largest absolute Gasteiger partial charge is 0.490 e. The van der Waals surface area contributed by atoms with Crippen LogP contribution in [-0.2, 0) is 17.8 Å². The average Bonchev–Trinajstić information content (AvgIpc) is 2.84. The van der Waals surface area contributed by atoms with Crippen LogP contribution in [0.4, 0.5) is 42.4 Å². The van der Waals surface area contributed by atoms with Crippen LogP contribution in [0.15, 0.2) is 18.2 Å². The van der Waals surface area contributed by atoms with Crippen molar-refractivity contribution in [3.8, 4) is 5.75 Å². The van der Waals surface area contributed by atoms with Crippen LogP contribution < -0.4 is 20.3 Å². The first kappa shape index (κ1) is 28.2. The maximum atomic E-state index is 13.8. The number of benzene rings is 1. The van der Waals surface area contributed by atoms with Gasteiger partial charge in [-0.1, -0.05) is 0 Å². The van der Waals surface area contributed by atoms with Crippen molar-refractivity contribution in [1.29, 1.82) is 0 Å². The molecule has 0 aliphatic carbocycles. The van der Waals surface area contributed by atoms with Crippen molar-refractivity contribution in [2.75, 3.05) is 36.4 Å². The molecule has 2 aliphatic rings. The summed E-state index contributed by atoms with van der Waals surface area (Å²) < 4.78 is 89.8. The van der Waals surface area contributed by atoms with Gasteiger partial charge in [0.05, 0.1) is 17.9 Å². The van der Waals surface area contributed by atoms with Crippen LogP contribution in [0.25, 0.3) is 0 Å². The van der Waals surface area contributed by atoms with Crippen LogP contribution in [-0.4, -0.2) is 65.9 Å². The van der Waals surface area contributed by atoms with E-state index in [1.807, 2.05) is 4.90 Å². The van der Waals surface area contributed by atoms with Crippen LogP contribution in [0.5, 0.6) is 5.75 Å². The summed E-state index contributed by atoms with van der Waals surface area (Å²) in [6.45, 7) is 1.97. The van der Waals surface area contributed by atoms with E-state index in [0.29, 0.717) is 44.1 Å². The number of piperidine rings is 1. The predicted molar refractivity (Wildman–Crippen MR) is 118 cm³/mol. The standard InChI is InChI=1S/C20H23F4N5O.C2HF3O2/c21-12-1-2-17(14(22)9-12)30-13-4-7-29(8-5-13)20-19(26-11-18(23)24)27-16-10-25-6-3-15(16)28-20;3-2(4,5)1(6)7/h1-2,9,13,18,25H,3-8,10-11H2,(H,26,27);(H,6,7). The molecule has 2 aliphatic heterocycles. The maximum absolute atomic E-state index is 13.8. The Kier molecular flexibility index (Phi) is 9.34. The SMILES string of the molecule is Fc1ccc(OC2CCN(c3nc4c(nc3NCC(F)F)CNCC4)CC2)c(F)c1.O=C(O)C(F)(F)F. The Morgan fingerprint density at radius 1 is 1.19 bits per heavy atom. The minimum Gasteiger partial charge on any atom is -0.487 e. The molecule has 1 aromatic heterocycles. The molecule has 1 saturated heterocycles. The van der Waals surface area contributed by atoms with Crippen LogP contribution >= 0.6 is 0 Å². The lowest BCUT2D eigenvalue weighted by atomic mass is 10.1. The van der Waals surface area contributed by atoms with Crippen LogP contribution in [0.1, 0.15) is 24.2 Å². The van der Waals surface area contributed by atoms with E-state index in [1.54, 1.807) is 0 Å². The lowest BCUT2D eigenvalue weighted by molar-refractivity contribution is -0.192. The number of ether oxygens (including phenoxy) is 1. The Morgan fingerprint density at radius 3 is 2.46 bits per heavy atom. The number of carbonyl (C=O) groups is 1. The zero-order valence-electron chi connectivity index (χ0n) is 19.3. The molecule has 3 heterocycles. The lowest BCUT2D eigenvalue weighted by Gasteiger charge is -2.34. The molecule has 0 unspecified atom stereocenters. The van der Waals surface area contributed by atoms with E-state index >= 15 is 0 Å². The molecule has 37 heavy (non-hydrogen) atoms. The molecular formula is C22H24F7N5O3. The van der Waals surface area contributed by atoms with Gasteiger partial charge in [0.15, 0.2) is 23.2 Å². The third-order valence-electron chi connectivity index (χ3n) is 5.46. The Hall–Kier alpha value is -3.36. The van der Waals surface area contributed by atoms with Gasteiger partial charge in [-0.25, -0.2) is 32.3 Å².